The highest BCUT2D eigenvalue weighted by Crippen LogP contribution is 2.12. The van der Waals surface area contributed by atoms with Crippen LogP contribution in [0.2, 0.25) is 0 Å². The molecule has 2 rings (SSSR count). The first-order valence-electron chi connectivity index (χ1n) is 4.75. The van der Waals surface area contributed by atoms with Crippen LogP contribution >= 0.6 is 11.3 Å². The van der Waals surface area contributed by atoms with Crippen LogP contribution in [0.1, 0.15) is 17.1 Å². The highest BCUT2D eigenvalue weighted by atomic mass is 32.1. The van der Waals surface area contributed by atoms with E-state index in [9.17, 15) is 4.79 Å². The molecule has 7 heteroatoms. The van der Waals surface area contributed by atoms with Crippen molar-refractivity contribution in [2.24, 2.45) is 0 Å². The van der Waals surface area contributed by atoms with Crippen LogP contribution in [0.25, 0.3) is 0 Å². The first kappa shape index (κ1) is 10.7. The largest absolute Gasteiger partial charge is 0.481 e. The van der Waals surface area contributed by atoms with Gasteiger partial charge in [-0.1, -0.05) is 6.07 Å². The summed E-state index contributed by atoms with van der Waals surface area (Å²) in [7, 11) is 0. The maximum Gasteiger partial charge on any atom is 0.305 e. The van der Waals surface area contributed by atoms with Crippen molar-refractivity contribution >= 4 is 17.3 Å². The fourth-order valence-electron chi connectivity index (χ4n) is 1.29. The summed E-state index contributed by atoms with van der Waals surface area (Å²) in [5.74, 6) is -0.152. The van der Waals surface area contributed by atoms with Crippen LogP contribution < -0.4 is 0 Å². The smallest absolute Gasteiger partial charge is 0.305 e. The summed E-state index contributed by atoms with van der Waals surface area (Å²) < 4.78 is 1.54. The van der Waals surface area contributed by atoms with Gasteiger partial charge < -0.3 is 5.11 Å². The first-order chi connectivity index (χ1) is 7.75. The third kappa shape index (κ3) is 2.63. The van der Waals surface area contributed by atoms with Gasteiger partial charge in [0.2, 0.25) is 0 Å². The van der Waals surface area contributed by atoms with Crippen LogP contribution in [-0.2, 0) is 17.8 Å². The second-order valence-corrected chi connectivity index (χ2v) is 4.25. The molecule has 84 valence electrons. The zero-order valence-electron chi connectivity index (χ0n) is 8.41. The van der Waals surface area contributed by atoms with Gasteiger partial charge in [0.15, 0.2) is 5.82 Å². The van der Waals surface area contributed by atoms with Crippen molar-refractivity contribution in [2.75, 3.05) is 0 Å². The minimum atomic E-state index is -0.849. The molecule has 16 heavy (non-hydrogen) atoms. The van der Waals surface area contributed by atoms with Gasteiger partial charge in [0.1, 0.15) is 0 Å². The number of hydrogen-bond donors (Lipinski definition) is 1. The molecular formula is C9H10N4O2S. The van der Waals surface area contributed by atoms with Crippen molar-refractivity contribution in [3.8, 4) is 0 Å². The van der Waals surface area contributed by atoms with E-state index in [1.54, 1.807) is 11.3 Å². The molecule has 0 amide bonds. The van der Waals surface area contributed by atoms with E-state index in [-0.39, 0.29) is 6.42 Å². The van der Waals surface area contributed by atoms with E-state index in [4.69, 9.17) is 5.11 Å². The number of carboxylic acid groups (broad SMARTS) is 1. The van der Waals surface area contributed by atoms with Gasteiger partial charge in [0, 0.05) is 11.3 Å². The van der Waals surface area contributed by atoms with Crippen molar-refractivity contribution in [3.63, 3.8) is 0 Å². The quantitative estimate of drug-likeness (QED) is 0.833. The predicted octanol–water partition coefficient (Wildman–Crippen LogP) is 0.800. The van der Waals surface area contributed by atoms with Gasteiger partial charge in [0.25, 0.3) is 0 Å². The third-order valence-corrected chi connectivity index (χ3v) is 2.93. The number of aromatic nitrogens is 4. The average molecular weight is 238 g/mol. The Morgan fingerprint density at radius 2 is 2.44 bits per heavy atom. The second-order valence-electron chi connectivity index (χ2n) is 3.22. The van der Waals surface area contributed by atoms with Crippen molar-refractivity contribution < 1.29 is 9.90 Å². The standard InChI is InChI=1S/C9H10N4O2S/c14-9(15)3-4-13-8(10-11-12-13)6-7-2-1-5-16-7/h1-2,5H,3-4,6H2,(H,14,15). The molecule has 0 fully saturated rings. The topological polar surface area (TPSA) is 80.9 Å². The molecule has 6 nitrogen and oxygen atoms in total. The van der Waals surface area contributed by atoms with E-state index in [0.29, 0.717) is 18.8 Å². The Balaban J connectivity index is 2.04. The number of tetrazole rings is 1. The fourth-order valence-corrected chi connectivity index (χ4v) is 2.00. The molecule has 0 bridgehead atoms. The zero-order valence-corrected chi connectivity index (χ0v) is 9.22. The number of hydrogen-bond acceptors (Lipinski definition) is 5. The number of carboxylic acids is 1. The molecule has 0 radical (unpaired) electrons. The lowest BCUT2D eigenvalue weighted by Gasteiger charge is -2.00. The molecule has 1 N–H and O–H groups in total. The molecule has 0 saturated carbocycles. The lowest BCUT2D eigenvalue weighted by Crippen LogP contribution is -2.09. The van der Waals surface area contributed by atoms with Gasteiger partial charge in [0.05, 0.1) is 13.0 Å². The normalized spacial score (nSPS) is 10.5. The average Bonchev–Trinajstić information content (AvgIpc) is 2.87. The highest BCUT2D eigenvalue weighted by Gasteiger charge is 2.08. The Labute approximate surface area is 95.5 Å². The minimum absolute atomic E-state index is 0.0302. The molecule has 0 aromatic carbocycles. The monoisotopic (exact) mass is 238 g/mol. The number of carbonyl (C=O) groups is 1. The predicted molar refractivity (Wildman–Crippen MR) is 57.2 cm³/mol. The number of rotatable bonds is 5. The number of aliphatic carboxylic acids is 1. The van der Waals surface area contributed by atoms with Crippen molar-refractivity contribution in [2.45, 2.75) is 19.4 Å². The lowest BCUT2D eigenvalue weighted by molar-refractivity contribution is -0.137. The summed E-state index contributed by atoms with van der Waals surface area (Å²) in [5.41, 5.74) is 0. The number of aryl methyl sites for hydroxylation is 1. The Morgan fingerprint density at radius 3 is 3.12 bits per heavy atom. The first-order valence-corrected chi connectivity index (χ1v) is 5.63. The maximum absolute atomic E-state index is 10.4. The van der Waals surface area contributed by atoms with Crippen LogP contribution in [0.4, 0.5) is 0 Å². The van der Waals surface area contributed by atoms with Crippen LogP contribution in [0, 0.1) is 0 Å². The summed E-state index contributed by atoms with van der Waals surface area (Å²) >= 11 is 1.63. The van der Waals surface area contributed by atoms with E-state index < -0.39 is 5.97 Å². The van der Waals surface area contributed by atoms with Gasteiger partial charge in [-0.3, -0.25) is 4.79 Å². The van der Waals surface area contributed by atoms with Gasteiger partial charge in [-0.25, -0.2) is 4.68 Å². The van der Waals surface area contributed by atoms with E-state index in [1.807, 2.05) is 17.5 Å². The summed E-state index contributed by atoms with van der Waals surface area (Å²) in [6.07, 6.45) is 0.673. The van der Waals surface area contributed by atoms with Crippen molar-refractivity contribution in [1.29, 1.82) is 0 Å². The Kier molecular flexibility index (Phi) is 3.25. The van der Waals surface area contributed by atoms with Gasteiger partial charge >= 0.3 is 5.97 Å². The molecule has 0 aliphatic heterocycles. The summed E-state index contributed by atoms with van der Waals surface area (Å²) in [6.45, 7) is 0.309. The summed E-state index contributed by atoms with van der Waals surface area (Å²) in [5, 5.41) is 21.8. The van der Waals surface area contributed by atoms with Crippen LogP contribution in [0.3, 0.4) is 0 Å². The van der Waals surface area contributed by atoms with Crippen LogP contribution in [0.5, 0.6) is 0 Å². The summed E-state index contributed by atoms with van der Waals surface area (Å²) in [4.78, 5) is 11.6. The minimum Gasteiger partial charge on any atom is -0.481 e. The van der Waals surface area contributed by atoms with Gasteiger partial charge in [-0.15, -0.1) is 16.4 Å². The Hall–Kier alpha value is -1.76. The van der Waals surface area contributed by atoms with Crippen LogP contribution in [-0.4, -0.2) is 31.3 Å². The van der Waals surface area contributed by atoms with Gasteiger partial charge in [-0.05, 0) is 21.9 Å². The molecule has 0 aliphatic rings. The van der Waals surface area contributed by atoms with Crippen molar-refractivity contribution in [3.05, 3.63) is 28.2 Å². The molecule has 0 aliphatic carbocycles. The molecular weight excluding hydrogens is 228 g/mol. The zero-order chi connectivity index (χ0) is 11.4. The Bertz CT molecular complexity index is 466. The highest BCUT2D eigenvalue weighted by molar-refractivity contribution is 7.09. The molecule has 2 aromatic heterocycles. The number of nitrogens with zero attached hydrogens (tertiary/aromatic N) is 4. The van der Waals surface area contributed by atoms with E-state index in [2.05, 4.69) is 15.5 Å². The molecule has 0 atom stereocenters. The van der Waals surface area contributed by atoms with Gasteiger partial charge in [-0.2, -0.15) is 0 Å². The maximum atomic E-state index is 10.4. The van der Waals surface area contributed by atoms with E-state index in [1.165, 1.54) is 4.68 Å². The molecule has 0 unspecified atom stereocenters. The Morgan fingerprint density at radius 1 is 1.56 bits per heavy atom. The SMILES string of the molecule is O=C(O)CCn1nnnc1Cc1cccs1. The van der Waals surface area contributed by atoms with Crippen LogP contribution in [0.15, 0.2) is 17.5 Å². The fraction of sp³-hybridized carbons (Fsp3) is 0.333. The van der Waals surface area contributed by atoms with Crippen molar-refractivity contribution in [1.82, 2.24) is 20.2 Å². The third-order valence-electron chi connectivity index (χ3n) is 2.06. The number of thiophene rings is 1. The van der Waals surface area contributed by atoms with E-state index in [0.717, 1.165) is 4.88 Å². The van der Waals surface area contributed by atoms with E-state index >= 15 is 0 Å². The lowest BCUT2D eigenvalue weighted by atomic mass is 10.3. The molecule has 2 heterocycles. The molecule has 0 spiro atoms. The molecule has 0 saturated heterocycles. The second kappa shape index (κ2) is 4.84. The molecule has 2 aromatic rings. The summed E-state index contributed by atoms with van der Waals surface area (Å²) in [6, 6.07) is 3.96.